The van der Waals surface area contributed by atoms with Crippen LogP contribution in [0.3, 0.4) is 0 Å². The first-order valence-corrected chi connectivity index (χ1v) is 7.95. The Kier molecular flexibility index (Phi) is 3.10. The summed E-state index contributed by atoms with van der Waals surface area (Å²) in [5.41, 5.74) is 6.25. The highest BCUT2D eigenvalue weighted by Gasteiger charge is 2.19. The summed E-state index contributed by atoms with van der Waals surface area (Å²) in [7, 11) is 1.81. The van der Waals surface area contributed by atoms with Gasteiger partial charge in [-0.1, -0.05) is 35.5 Å². The fourth-order valence-corrected chi connectivity index (χ4v) is 3.60. The molecule has 0 aliphatic carbocycles. The van der Waals surface area contributed by atoms with E-state index in [4.69, 9.17) is 4.52 Å². The Bertz CT molecular complexity index is 1150. The molecule has 2 heterocycles. The second kappa shape index (κ2) is 5.06. The molecular weight excluding hydrogens is 300 g/mol. The molecule has 0 radical (unpaired) electrons. The first-order chi connectivity index (χ1) is 11.5. The van der Waals surface area contributed by atoms with E-state index < -0.39 is 0 Å². The van der Waals surface area contributed by atoms with Crippen LogP contribution in [0.25, 0.3) is 33.0 Å². The molecule has 4 aromatic rings. The zero-order chi connectivity index (χ0) is 17.0. The minimum absolute atomic E-state index is 0.0139. The van der Waals surface area contributed by atoms with E-state index in [1.165, 1.54) is 0 Å². The molecule has 4 rings (SSSR count). The monoisotopic (exact) mass is 318 g/mol. The van der Waals surface area contributed by atoms with Crippen LogP contribution in [0.5, 0.6) is 0 Å². The van der Waals surface area contributed by atoms with Crippen molar-refractivity contribution in [2.24, 2.45) is 7.05 Å². The van der Waals surface area contributed by atoms with E-state index in [1.54, 1.807) is 4.57 Å². The summed E-state index contributed by atoms with van der Waals surface area (Å²) >= 11 is 0. The molecule has 2 aromatic carbocycles. The van der Waals surface area contributed by atoms with E-state index in [1.807, 2.05) is 58.2 Å². The van der Waals surface area contributed by atoms with Crippen LogP contribution < -0.4 is 5.56 Å². The number of pyridine rings is 1. The normalized spacial score (nSPS) is 11.5. The average molecular weight is 318 g/mol. The van der Waals surface area contributed by atoms with Crippen molar-refractivity contribution in [3.05, 3.63) is 63.6 Å². The van der Waals surface area contributed by atoms with Gasteiger partial charge in [0.2, 0.25) is 0 Å². The van der Waals surface area contributed by atoms with Crippen LogP contribution in [0, 0.1) is 20.8 Å². The minimum Gasteiger partial charge on any atom is -0.356 e. The van der Waals surface area contributed by atoms with Gasteiger partial charge in [0.25, 0.3) is 5.56 Å². The molecule has 0 spiro atoms. The number of nitrogens with zero attached hydrogens (tertiary/aromatic N) is 2. The molecule has 0 amide bonds. The van der Waals surface area contributed by atoms with E-state index >= 15 is 0 Å². The van der Waals surface area contributed by atoms with Crippen LogP contribution in [0.1, 0.15) is 16.8 Å². The predicted molar refractivity (Wildman–Crippen MR) is 96.4 cm³/mol. The molecule has 0 saturated carbocycles. The van der Waals surface area contributed by atoms with Crippen LogP contribution in [0.2, 0.25) is 0 Å². The lowest BCUT2D eigenvalue weighted by Crippen LogP contribution is -2.21. The van der Waals surface area contributed by atoms with Gasteiger partial charge < -0.3 is 9.09 Å². The Morgan fingerprint density at radius 1 is 1.00 bits per heavy atom. The van der Waals surface area contributed by atoms with Crippen molar-refractivity contribution in [2.45, 2.75) is 20.8 Å². The molecular formula is C20H18N2O2. The van der Waals surface area contributed by atoms with Crippen LogP contribution in [0.15, 0.2) is 45.7 Å². The second-order valence-corrected chi connectivity index (χ2v) is 6.27. The molecule has 120 valence electrons. The lowest BCUT2D eigenvalue weighted by atomic mass is 9.94. The van der Waals surface area contributed by atoms with Crippen LogP contribution >= 0.6 is 0 Å². The van der Waals surface area contributed by atoms with Gasteiger partial charge in [0.15, 0.2) is 5.58 Å². The molecule has 24 heavy (non-hydrogen) atoms. The largest absolute Gasteiger partial charge is 0.356 e. The highest BCUT2D eigenvalue weighted by molar-refractivity contribution is 6.06. The van der Waals surface area contributed by atoms with Gasteiger partial charge >= 0.3 is 0 Å². The maximum atomic E-state index is 12.8. The van der Waals surface area contributed by atoms with E-state index in [-0.39, 0.29) is 5.56 Å². The number of aromatic nitrogens is 2. The number of rotatable bonds is 1. The van der Waals surface area contributed by atoms with Crippen molar-refractivity contribution in [1.29, 1.82) is 0 Å². The van der Waals surface area contributed by atoms with Gasteiger partial charge in [0.1, 0.15) is 0 Å². The molecule has 0 N–H and O–H groups in total. The first-order valence-electron chi connectivity index (χ1n) is 7.95. The number of aryl methyl sites for hydroxylation is 3. The van der Waals surface area contributed by atoms with Crippen molar-refractivity contribution in [2.75, 3.05) is 0 Å². The SMILES string of the molecule is Cc1c(-c2ccccc2)c2cc3c(C)noc3c(C)c2n(C)c1=O. The maximum absolute atomic E-state index is 12.8. The van der Waals surface area contributed by atoms with Gasteiger partial charge in [-0.2, -0.15) is 0 Å². The summed E-state index contributed by atoms with van der Waals surface area (Å²) in [5, 5.41) is 6.14. The van der Waals surface area contributed by atoms with Crippen molar-refractivity contribution in [1.82, 2.24) is 9.72 Å². The van der Waals surface area contributed by atoms with E-state index in [0.717, 1.165) is 49.8 Å². The zero-order valence-electron chi connectivity index (χ0n) is 14.2. The van der Waals surface area contributed by atoms with Gasteiger partial charge in [-0.15, -0.1) is 0 Å². The van der Waals surface area contributed by atoms with E-state index in [0.29, 0.717) is 0 Å². The van der Waals surface area contributed by atoms with Gasteiger partial charge in [0, 0.05) is 28.9 Å². The molecule has 0 fully saturated rings. The highest BCUT2D eigenvalue weighted by Crippen LogP contribution is 2.35. The van der Waals surface area contributed by atoms with Gasteiger partial charge in [-0.3, -0.25) is 4.79 Å². The number of fused-ring (bicyclic) bond motifs is 2. The molecule has 4 heteroatoms. The van der Waals surface area contributed by atoms with E-state index in [2.05, 4.69) is 11.2 Å². The molecule has 0 saturated heterocycles. The third-order valence-corrected chi connectivity index (χ3v) is 4.82. The van der Waals surface area contributed by atoms with Gasteiger partial charge in [-0.25, -0.2) is 0 Å². The topological polar surface area (TPSA) is 48.0 Å². The smallest absolute Gasteiger partial charge is 0.254 e. The summed E-state index contributed by atoms with van der Waals surface area (Å²) < 4.78 is 7.20. The van der Waals surface area contributed by atoms with Crippen LogP contribution in [-0.2, 0) is 7.05 Å². The summed E-state index contributed by atoms with van der Waals surface area (Å²) in [5.74, 6) is 0. The average Bonchev–Trinajstić information content (AvgIpc) is 2.95. The standard InChI is InChI=1S/C20H18N2O2/c1-11-17(14-8-6-5-7-9-14)16-10-15-13(3)21-24-19(15)12(2)18(16)22(4)20(11)23/h5-10H,1-4H3. The Morgan fingerprint density at radius 3 is 2.42 bits per heavy atom. The summed E-state index contributed by atoms with van der Waals surface area (Å²) in [6.07, 6.45) is 0. The molecule has 0 aliphatic heterocycles. The van der Waals surface area contributed by atoms with Crippen molar-refractivity contribution < 1.29 is 4.52 Å². The van der Waals surface area contributed by atoms with Gasteiger partial charge in [-0.05, 0) is 38.0 Å². The predicted octanol–water partition coefficient (Wildman–Crippen LogP) is 4.27. The molecule has 0 bridgehead atoms. The lowest BCUT2D eigenvalue weighted by Gasteiger charge is -2.16. The molecule has 0 atom stereocenters. The third-order valence-electron chi connectivity index (χ3n) is 4.82. The second-order valence-electron chi connectivity index (χ2n) is 6.27. The maximum Gasteiger partial charge on any atom is 0.254 e. The van der Waals surface area contributed by atoms with Gasteiger partial charge in [0.05, 0.1) is 11.2 Å². The van der Waals surface area contributed by atoms with Crippen molar-refractivity contribution >= 4 is 21.9 Å². The third kappa shape index (κ3) is 1.86. The highest BCUT2D eigenvalue weighted by atomic mass is 16.5. The summed E-state index contributed by atoms with van der Waals surface area (Å²) in [6, 6.07) is 12.2. The first kappa shape index (κ1) is 14.7. The summed E-state index contributed by atoms with van der Waals surface area (Å²) in [6.45, 7) is 5.82. The van der Waals surface area contributed by atoms with Crippen LogP contribution in [-0.4, -0.2) is 9.72 Å². The number of hydrogen-bond acceptors (Lipinski definition) is 3. The molecule has 4 nitrogen and oxygen atoms in total. The molecule has 0 aliphatic rings. The minimum atomic E-state index is 0.0139. The Morgan fingerprint density at radius 2 is 1.71 bits per heavy atom. The van der Waals surface area contributed by atoms with Crippen molar-refractivity contribution in [3.8, 4) is 11.1 Å². The lowest BCUT2D eigenvalue weighted by molar-refractivity contribution is 0.449. The molecule has 0 unspecified atom stereocenters. The fraction of sp³-hybridized carbons (Fsp3) is 0.200. The Labute approximate surface area is 139 Å². The Balaban J connectivity index is 2.31. The molecule has 2 aromatic heterocycles. The van der Waals surface area contributed by atoms with Crippen LogP contribution in [0.4, 0.5) is 0 Å². The number of hydrogen-bond donors (Lipinski definition) is 0. The quantitative estimate of drug-likeness (QED) is 0.526. The zero-order valence-corrected chi connectivity index (χ0v) is 14.2. The summed E-state index contributed by atoms with van der Waals surface area (Å²) in [4.78, 5) is 12.8. The van der Waals surface area contributed by atoms with Crippen molar-refractivity contribution in [3.63, 3.8) is 0 Å². The Hall–Kier alpha value is -2.88. The van der Waals surface area contributed by atoms with E-state index in [9.17, 15) is 4.79 Å². The fourth-order valence-electron chi connectivity index (χ4n) is 3.60. The number of benzene rings is 2.